The van der Waals surface area contributed by atoms with Crippen LogP contribution < -0.4 is 15.5 Å². The third-order valence-corrected chi connectivity index (χ3v) is 12.2. The zero-order valence-corrected chi connectivity index (χ0v) is 30.8. The summed E-state index contributed by atoms with van der Waals surface area (Å²) in [6.07, 6.45) is 3.39. The summed E-state index contributed by atoms with van der Waals surface area (Å²) in [5.41, 5.74) is 6.96. The van der Waals surface area contributed by atoms with Gasteiger partial charge in [-0.3, -0.25) is 34.3 Å². The molecule has 4 amide bonds. The van der Waals surface area contributed by atoms with Gasteiger partial charge in [-0.25, -0.2) is 4.39 Å². The first-order valence-corrected chi connectivity index (χ1v) is 18.9. The van der Waals surface area contributed by atoms with Crippen LogP contribution in [0.25, 0.3) is 11.1 Å². The number of halogens is 1. The number of amides is 4. The highest BCUT2D eigenvalue weighted by Crippen LogP contribution is 2.48. The third-order valence-electron chi connectivity index (χ3n) is 12.2. The highest BCUT2D eigenvalue weighted by Gasteiger charge is 2.47. The molecule has 13 heteroatoms. The Morgan fingerprint density at radius 3 is 2.33 bits per heavy atom. The summed E-state index contributed by atoms with van der Waals surface area (Å²) in [6, 6.07) is 19.2. The summed E-state index contributed by atoms with van der Waals surface area (Å²) >= 11 is 0. The van der Waals surface area contributed by atoms with E-state index in [4.69, 9.17) is 4.52 Å². The largest absolute Gasteiger partial charge is 0.380 e. The van der Waals surface area contributed by atoms with Crippen molar-refractivity contribution < 1.29 is 28.1 Å². The Kier molecular flexibility index (Phi) is 8.16. The van der Waals surface area contributed by atoms with Crippen molar-refractivity contribution in [2.24, 2.45) is 0 Å². The quantitative estimate of drug-likeness (QED) is 0.201. The topological polar surface area (TPSA) is 152 Å². The standard InChI is InChI=1S/C42H40FN7O5/c1-22-4-5-25(38-23(2)47-55-24(38)3)14-36(22)49(28-8-6-26(7-9-28)42(21-44)12-13-42)30-19-48(20-30)29-15-27(16-29)45-34-18-32-31(17-33(34)43)40(53)50(41(32)54)35-10-11-37(51)46-39(35)52/h4-9,14,17-18,27,29-30,35,45H,10-13,15-16,19-20H2,1-3H3,(H,46,51,52). The van der Waals surface area contributed by atoms with Crippen LogP contribution in [0, 0.1) is 37.9 Å². The first-order valence-electron chi connectivity index (χ1n) is 18.9. The van der Waals surface area contributed by atoms with Gasteiger partial charge in [0.1, 0.15) is 17.6 Å². The molecule has 280 valence electrons. The SMILES string of the molecule is Cc1ccc(-c2c(C)noc2C)cc1N(c1ccc(C2(C#N)CC2)cc1)C1CN(C2CC(Nc3cc4c(cc3F)C(=O)N(C3CCC(=O)NC3=O)C4=O)C2)C1. The highest BCUT2D eigenvalue weighted by atomic mass is 19.1. The van der Waals surface area contributed by atoms with E-state index in [-0.39, 0.29) is 47.2 Å². The summed E-state index contributed by atoms with van der Waals surface area (Å²) in [7, 11) is 0. The smallest absolute Gasteiger partial charge is 0.262 e. The molecule has 5 aliphatic rings. The van der Waals surface area contributed by atoms with Gasteiger partial charge in [0.2, 0.25) is 11.8 Å². The van der Waals surface area contributed by atoms with Gasteiger partial charge in [0.15, 0.2) is 0 Å². The number of aromatic nitrogens is 1. The van der Waals surface area contributed by atoms with Gasteiger partial charge < -0.3 is 14.7 Å². The monoisotopic (exact) mass is 741 g/mol. The van der Waals surface area contributed by atoms with Crippen LogP contribution in [0.4, 0.5) is 21.5 Å². The van der Waals surface area contributed by atoms with Crippen LogP contribution >= 0.6 is 0 Å². The van der Waals surface area contributed by atoms with E-state index < -0.39 is 35.5 Å². The number of carbonyl (C=O) groups excluding carboxylic acids is 4. The fraction of sp³-hybridized carbons (Fsp3) is 0.381. The van der Waals surface area contributed by atoms with Crippen LogP contribution in [-0.2, 0) is 15.0 Å². The molecule has 2 N–H and O–H groups in total. The second-order valence-electron chi connectivity index (χ2n) is 15.7. The lowest BCUT2D eigenvalue weighted by Gasteiger charge is -2.54. The number of hydrogen-bond acceptors (Lipinski definition) is 10. The number of anilines is 3. The molecule has 0 spiro atoms. The van der Waals surface area contributed by atoms with Gasteiger partial charge in [-0.15, -0.1) is 0 Å². The third kappa shape index (κ3) is 5.78. The molecular formula is C42H40FN7O5. The van der Waals surface area contributed by atoms with Crippen molar-refractivity contribution in [2.75, 3.05) is 23.3 Å². The maximum absolute atomic E-state index is 15.4. The van der Waals surface area contributed by atoms with Crippen LogP contribution in [0.1, 0.15) is 81.8 Å². The fourth-order valence-electron chi connectivity index (χ4n) is 8.77. The molecule has 55 heavy (non-hydrogen) atoms. The Labute approximate surface area is 317 Å². The van der Waals surface area contributed by atoms with Crippen LogP contribution in [0.3, 0.4) is 0 Å². The molecule has 4 fully saturated rings. The van der Waals surface area contributed by atoms with E-state index in [0.29, 0.717) is 6.04 Å². The van der Waals surface area contributed by atoms with Gasteiger partial charge in [-0.1, -0.05) is 29.4 Å². The van der Waals surface area contributed by atoms with Crippen molar-refractivity contribution in [3.8, 4) is 17.2 Å². The normalized spacial score (nSPS) is 23.1. The van der Waals surface area contributed by atoms with Gasteiger partial charge in [-0.05, 0) is 99.9 Å². The van der Waals surface area contributed by atoms with Crippen molar-refractivity contribution >= 4 is 40.7 Å². The molecular weight excluding hydrogens is 702 g/mol. The zero-order valence-electron chi connectivity index (χ0n) is 30.8. The molecule has 2 saturated carbocycles. The molecule has 0 radical (unpaired) electrons. The molecule has 1 aromatic heterocycles. The molecule has 2 aliphatic carbocycles. The van der Waals surface area contributed by atoms with Crippen LogP contribution in [0.15, 0.2) is 59.1 Å². The van der Waals surface area contributed by atoms with Gasteiger partial charge in [0.05, 0.1) is 40.0 Å². The summed E-state index contributed by atoms with van der Waals surface area (Å²) < 4.78 is 20.9. The number of benzene rings is 3. The molecule has 3 aromatic carbocycles. The molecule has 2 saturated heterocycles. The lowest BCUT2D eigenvalue weighted by atomic mass is 9.82. The van der Waals surface area contributed by atoms with E-state index in [1.807, 2.05) is 13.8 Å². The van der Waals surface area contributed by atoms with Crippen molar-refractivity contribution in [3.63, 3.8) is 0 Å². The predicted octanol–water partition coefficient (Wildman–Crippen LogP) is 5.83. The Morgan fingerprint density at radius 1 is 0.982 bits per heavy atom. The minimum Gasteiger partial charge on any atom is -0.380 e. The number of likely N-dealkylation sites (tertiary alicyclic amines) is 1. The molecule has 12 nitrogen and oxygen atoms in total. The Balaban J connectivity index is 0.894. The second kappa shape index (κ2) is 12.9. The molecule has 4 aromatic rings. The summed E-state index contributed by atoms with van der Waals surface area (Å²) in [6.45, 7) is 7.66. The average Bonchev–Trinajstić information content (AvgIpc) is 3.81. The number of rotatable bonds is 9. The highest BCUT2D eigenvalue weighted by molar-refractivity contribution is 6.23. The summed E-state index contributed by atoms with van der Waals surface area (Å²) in [5, 5.41) is 19.4. The van der Waals surface area contributed by atoms with Crippen molar-refractivity contribution in [3.05, 3.63) is 94.1 Å². The van der Waals surface area contributed by atoms with Crippen molar-refractivity contribution in [1.82, 2.24) is 20.3 Å². The number of piperidine rings is 1. The van der Waals surface area contributed by atoms with E-state index >= 15 is 4.39 Å². The number of carbonyl (C=O) groups is 4. The predicted molar refractivity (Wildman–Crippen MR) is 200 cm³/mol. The molecule has 4 heterocycles. The van der Waals surface area contributed by atoms with Crippen molar-refractivity contribution in [1.29, 1.82) is 5.26 Å². The zero-order chi connectivity index (χ0) is 38.3. The minimum atomic E-state index is -1.11. The number of hydrogen-bond donors (Lipinski definition) is 2. The van der Waals surface area contributed by atoms with Gasteiger partial charge in [0, 0.05) is 48.5 Å². The van der Waals surface area contributed by atoms with E-state index in [1.165, 1.54) is 6.07 Å². The van der Waals surface area contributed by atoms with Crippen LogP contribution in [0.2, 0.25) is 0 Å². The van der Waals surface area contributed by atoms with E-state index in [0.717, 1.165) is 94.8 Å². The first kappa shape index (κ1) is 34.9. The maximum Gasteiger partial charge on any atom is 0.262 e. The summed E-state index contributed by atoms with van der Waals surface area (Å²) in [4.78, 5) is 56.2. The number of nitrogens with one attached hydrogen (secondary N) is 2. The first-order chi connectivity index (χ1) is 26.4. The van der Waals surface area contributed by atoms with E-state index in [9.17, 15) is 24.4 Å². The van der Waals surface area contributed by atoms with Crippen LogP contribution in [0.5, 0.6) is 0 Å². The Hall–Kier alpha value is -5.87. The number of fused-ring (bicyclic) bond motifs is 1. The molecule has 1 unspecified atom stereocenters. The lowest BCUT2D eigenvalue weighted by molar-refractivity contribution is -0.136. The maximum atomic E-state index is 15.4. The van der Waals surface area contributed by atoms with Crippen molar-refractivity contribution in [2.45, 2.75) is 88.9 Å². The minimum absolute atomic E-state index is 0.0108. The average molecular weight is 742 g/mol. The Morgan fingerprint density at radius 2 is 1.69 bits per heavy atom. The van der Waals surface area contributed by atoms with E-state index in [2.05, 4.69) is 81.0 Å². The van der Waals surface area contributed by atoms with Crippen LogP contribution in [-0.4, -0.2) is 75.8 Å². The fourth-order valence-corrected chi connectivity index (χ4v) is 8.77. The molecule has 0 bridgehead atoms. The molecule has 1 atom stereocenters. The Bertz CT molecular complexity index is 2310. The number of imide groups is 2. The number of aryl methyl sites for hydroxylation is 3. The second-order valence-corrected chi connectivity index (χ2v) is 15.7. The molecule has 9 rings (SSSR count). The molecule has 3 aliphatic heterocycles. The lowest BCUT2D eigenvalue weighted by Crippen LogP contribution is -2.65. The van der Waals surface area contributed by atoms with Gasteiger partial charge in [0.25, 0.3) is 11.8 Å². The van der Waals surface area contributed by atoms with E-state index in [1.54, 1.807) is 0 Å². The van der Waals surface area contributed by atoms with Gasteiger partial charge >= 0.3 is 0 Å². The van der Waals surface area contributed by atoms with Gasteiger partial charge in [-0.2, -0.15) is 5.26 Å². The number of nitrogens with zero attached hydrogens (tertiary/aromatic N) is 5. The number of nitriles is 1. The summed E-state index contributed by atoms with van der Waals surface area (Å²) in [5.74, 6) is -2.44.